The van der Waals surface area contributed by atoms with Crippen LogP contribution in [0, 0.1) is 11.6 Å². The van der Waals surface area contributed by atoms with Gasteiger partial charge in [0.05, 0.1) is 16.9 Å². The fraction of sp³-hybridized carbons (Fsp3) is 0.0345. The van der Waals surface area contributed by atoms with E-state index in [9.17, 15) is 13.6 Å². The highest BCUT2D eigenvalue weighted by molar-refractivity contribution is 5.87. The SMILES string of the molecule is O=C(O)c1ccc(-n2cc(CNc3ccc(Oc4ccccc4)cc3)c(-c3ccc(F)c(F)c3)n2)cc1. The number of carboxylic acid groups (broad SMARTS) is 1. The fourth-order valence-corrected chi connectivity index (χ4v) is 3.78. The highest BCUT2D eigenvalue weighted by Crippen LogP contribution is 2.27. The molecule has 0 atom stereocenters. The Morgan fingerprint density at radius 2 is 1.57 bits per heavy atom. The van der Waals surface area contributed by atoms with Gasteiger partial charge in [-0.15, -0.1) is 0 Å². The number of carboxylic acids is 1. The van der Waals surface area contributed by atoms with Gasteiger partial charge < -0.3 is 15.2 Å². The van der Waals surface area contributed by atoms with Gasteiger partial charge >= 0.3 is 5.97 Å². The second-order valence-electron chi connectivity index (χ2n) is 8.22. The van der Waals surface area contributed by atoms with Crippen LogP contribution in [0.1, 0.15) is 15.9 Å². The van der Waals surface area contributed by atoms with Gasteiger partial charge in [0, 0.05) is 29.6 Å². The minimum Gasteiger partial charge on any atom is -0.478 e. The summed E-state index contributed by atoms with van der Waals surface area (Å²) in [5.74, 6) is -1.50. The van der Waals surface area contributed by atoms with Crippen LogP contribution in [0.2, 0.25) is 0 Å². The maximum absolute atomic E-state index is 14.0. The van der Waals surface area contributed by atoms with Gasteiger partial charge in [-0.25, -0.2) is 18.3 Å². The topological polar surface area (TPSA) is 76.4 Å². The van der Waals surface area contributed by atoms with E-state index in [1.54, 1.807) is 23.0 Å². The Balaban J connectivity index is 1.39. The molecule has 0 unspecified atom stereocenters. The molecule has 37 heavy (non-hydrogen) atoms. The zero-order valence-electron chi connectivity index (χ0n) is 19.4. The van der Waals surface area contributed by atoms with Gasteiger partial charge in [0.2, 0.25) is 0 Å². The van der Waals surface area contributed by atoms with Crippen LogP contribution in [0.25, 0.3) is 16.9 Å². The Kier molecular flexibility index (Phi) is 6.63. The molecule has 0 aliphatic heterocycles. The standard InChI is InChI=1S/C29H21F2N3O3/c30-26-15-8-20(16-27(26)31)28-21(18-34(33-28)23-11-6-19(7-12-23)29(35)36)17-32-22-9-13-25(14-10-22)37-24-4-2-1-3-5-24/h1-16,18,32H,17H2,(H,35,36). The minimum absolute atomic E-state index is 0.151. The maximum atomic E-state index is 14.0. The van der Waals surface area contributed by atoms with Gasteiger partial charge in [-0.05, 0) is 78.9 Å². The minimum atomic E-state index is -1.03. The molecule has 0 saturated heterocycles. The predicted octanol–water partition coefficient (Wildman–Crippen LogP) is 6.92. The second kappa shape index (κ2) is 10.3. The van der Waals surface area contributed by atoms with Crippen LogP contribution >= 0.6 is 0 Å². The molecule has 6 nitrogen and oxygen atoms in total. The first-order valence-electron chi connectivity index (χ1n) is 11.4. The van der Waals surface area contributed by atoms with Crippen molar-refractivity contribution in [2.24, 2.45) is 0 Å². The van der Waals surface area contributed by atoms with E-state index >= 15 is 0 Å². The Morgan fingerprint density at radius 3 is 2.24 bits per heavy atom. The number of rotatable bonds is 8. The summed E-state index contributed by atoms with van der Waals surface area (Å²) in [7, 11) is 0. The lowest BCUT2D eigenvalue weighted by Crippen LogP contribution is -2.00. The Hall–Kier alpha value is -4.98. The third-order valence-corrected chi connectivity index (χ3v) is 5.68. The van der Waals surface area contributed by atoms with E-state index in [1.807, 2.05) is 54.6 Å². The summed E-state index contributed by atoms with van der Waals surface area (Å²) >= 11 is 0. The number of hydrogen-bond acceptors (Lipinski definition) is 4. The number of benzene rings is 4. The number of nitrogens with one attached hydrogen (secondary N) is 1. The number of carbonyl (C=O) groups is 1. The number of halogens is 2. The number of aromatic nitrogens is 2. The van der Waals surface area contributed by atoms with E-state index in [2.05, 4.69) is 10.4 Å². The highest BCUT2D eigenvalue weighted by Gasteiger charge is 2.15. The van der Waals surface area contributed by atoms with Gasteiger partial charge in [0.1, 0.15) is 11.5 Å². The Bertz CT molecular complexity index is 1530. The van der Waals surface area contributed by atoms with E-state index in [0.717, 1.165) is 29.1 Å². The molecule has 0 fully saturated rings. The summed E-state index contributed by atoms with van der Waals surface area (Å²) in [6, 6.07) is 26.8. The highest BCUT2D eigenvalue weighted by atomic mass is 19.2. The van der Waals surface area contributed by atoms with Crippen molar-refractivity contribution in [3.8, 4) is 28.4 Å². The quantitative estimate of drug-likeness (QED) is 0.243. The first kappa shape index (κ1) is 23.7. The van der Waals surface area contributed by atoms with Crippen molar-refractivity contribution in [1.82, 2.24) is 9.78 Å². The monoisotopic (exact) mass is 497 g/mol. The Morgan fingerprint density at radius 1 is 0.865 bits per heavy atom. The zero-order valence-corrected chi connectivity index (χ0v) is 19.4. The van der Waals surface area contributed by atoms with Crippen LogP contribution in [0.3, 0.4) is 0 Å². The van der Waals surface area contributed by atoms with Crippen molar-refractivity contribution in [3.05, 3.63) is 126 Å². The summed E-state index contributed by atoms with van der Waals surface area (Å²) in [6.07, 6.45) is 1.77. The van der Waals surface area contributed by atoms with Crippen molar-refractivity contribution in [2.75, 3.05) is 5.32 Å². The third kappa shape index (κ3) is 5.48. The molecule has 0 aliphatic carbocycles. The molecule has 0 aliphatic rings. The summed E-state index contributed by atoms with van der Waals surface area (Å²) in [6.45, 7) is 0.348. The van der Waals surface area contributed by atoms with Crippen LogP contribution < -0.4 is 10.1 Å². The molecule has 0 radical (unpaired) electrons. The molecular weight excluding hydrogens is 476 g/mol. The largest absolute Gasteiger partial charge is 0.478 e. The molecule has 1 heterocycles. The molecular formula is C29H21F2N3O3. The molecule has 8 heteroatoms. The number of hydrogen-bond donors (Lipinski definition) is 2. The van der Waals surface area contributed by atoms with Crippen LogP contribution in [-0.4, -0.2) is 20.9 Å². The van der Waals surface area contributed by atoms with Crippen molar-refractivity contribution >= 4 is 11.7 Å². The number of nitrogens with zero attached hydrogens (tertiary/aromatic N) is 2. The molecule has 0 spiro atoms. The summed E-state index contributed by atoms with van der Waals surface area (Å²) < 4.78 is 35.0. The lowest BCUT2D eigenvalue weighted by Gasteiger charge is -2.09. The van der Waals surface area contributed by atoms with Gasteiger partial charge in [0.15, 0.2) is 11.6 Å². The summed E-state index contributed by atoms with van der Waals surface area (Å²) in [5.41, 5.74) is 3.23. The molecule has 0 bridgehead atoms. The molecule has 2 N–H and O–H groups in total. The molecule has 4 aromatic carbocycles. The van der Waals surface area contributed by atoms with Crippen molar-refractivity contribution in [3.63, 3.8) is 0 Å². The van der Waals surface area contributed by atoms with Gasteiger partial charge in [-0.1, -0.05) is 18.2 Å². The molecule has 5 aromatic rings. The first-order valence-corrected chi connectivity index (χ1v) is 11.4. The van der Waals surface area contributed by atoms with Crippen molar-refractivity contribution in [2.45, 2.75) is 6.54 Å². The number of aromatic carboxylic acids is 1. The van der Waals surface area contributed by atoms with Gasteiger partial charge in [0.25, 0.3) is 0 Å². The normalized spacial score (nSPS) is 10.8. The van der Waals surface area contributed by atoms with Crippen LogP contribution in [-0.2, 0) is 6.54 Å². The predicted molar refractivity (Wildman–Crippen MR) is 136 cm³/mol. The lowest BCUT2D eigenvalue weighted by molar-refractivity contribution is 0.0697. The lowest BCUT2D eigenvalue weighted by atomic mass is 10.1. The van der Waals surface area contributed by atoms with Gasteiger partial charge in [-0.2, -0.15) is 5.10 Å². The molecule has 5 rings (SSSR count). The van der Waals surface area contributed by atoms with Crippen LogP contribution in [0.5, 0.6) is 11.5 Å². The molecule has 0 amide bonds. The van der Waals surface area contributed by atoms with E-state index in [1.165, 1.54) is 18.2 Å². The van der Waals surface area contributed by atoms with Gasteiger partial charge in [-0.3, -0.25) is 0 Å². The van der Waals surface area contributed by atoms with Crippen molar-refractivity contribution < 1.29 is 23.4 Å². The van der Waals surface area contributed by atoms with E-state index < -0.39 is 17.6 Å². The summed E-state index contributed by atoms with van der Waals surface area (Å²) in [5, 5.41) is 17.1. The summed E-state index contributed by atoms with van der Waals surface area (Å²) in [4.78, 5) is 11.2. The molecule has 0 saturated carbocycles. The fourth-order valence-electron chi connectivity index (χ4n) is 3.78. The number of para-hydroxylation sites is 1. The average Bonchev–Trinajstić information content (AvgIpc) is 3.35. The van der Waals surface area contributed by atoms with E-state index in [-0.39, 0.29) is 5.56 Å². The van der Waals surface area contributed by atoms with Crippen LogP contribution in [0.15, 0.2) is 103 Å². The molecule has 184 valence electrons. The number of ether oxygens (including phenoxy) is 1. The third-order valence-electron chi connectivity index (χ3n) is 5.68. The zero-order chi connectivity index (χ0) is 25.8. The van der Waals surface area contributed by atoms with Crippen molar-refractivity contribution in [1.29, 1.82) is 0 Å². The number of anilines is 1. The second-order valence-corrected chi connectivity index (χ2v) is 8.22. The molecule has 1 aromatic heterocycles. The smallest absolute Gasteiger partial charge is 0.335 e. The average molecular weight is 498 g/mol. The Labute approximate surface area is 211 Å². The van der Waals surface area contributed by atoms with E-state index in [0.29, 0.717) is 29.2 Å². The maximum Gasteiger partial charge on any atom is 0.335 e. The van der Waals surface area contributed by atoms with E-state index in [4.69, 9.17) is 9.84 Å². The first-order chi connectivity index (χ1) is 18.0. The van der Waals surface area contributed by atoms with Crippen LogP contribution in [0.4, 0.5) is 14.5 Å².